The number of hydrogen-bond acceptors (Lipinski definition) is 6. The second-order valence-corrected chi connectivity index (χ2v) is 9.85. The third-order valence-electron chi connectivity index (χ3n) is 5.17. The van der Waals surface area contributed by atoms with E-state index in [1.54, 1.807) is 20.8 Å². The molecule has 1 amide bonds. The smallest absolute Gasteiger partial charge is 0.408 e. The first kappa shape index (κ1) is 26.1. The Morgan fingerprint density at radius 1 is 1.19 bits per heavy atom. The van der Waals surface area contributed by atoms with Crippen LogP contribution >= 0.6 is 0 Å². The summed E-state index contributed by atoms with van der Waals surface area (Å²) >= 11 is 0. The number of alkyl carbamates (subject to hydrolysis) is 1. The van der Waals surface area contributed by atoms with E-state index in [1.807, 2.05) is 25.1 Å². The molecule has 0 bridgehead atoms. The summed E-state index contributed by atoms with van der Waals surface area (Å²) in [4.78, 5) is 25.0. The maximum atomic E-state index is 12.8. The Balaban J connectivity index is 2.14. The molecule has 0 aromatic heterocycles. The fourth-order valence-electron chi connectivity index (χ4n) is 3.57. The molecule has 0 spiro atoms. The Hall–Kier alpha value is -2.12. The van der Waals surface area contributed by atoms with Crippen molar-refractivity contribution in [2.45, 2.75) is 78.2 Å². The van der Waals surface area contributed by atoms with Crippen molar-refractivity contribution in [3.63, 3.8) is 0 Å². The summed E-state index contributed by atoms with van der Waals surface area (Å²) in [5, 5.41) is 2.58. The van der Waals surface area contributed by atoms with Gasteiger partial charge in [0.2, 0.25) is 0 Å². The molecule has 4 atom stereocenters. The predicted octanol–water partition coefficient (Wildman–Crippen LogP) is 4.13. The lowest BCUT2D eigenvalue weighted by Gasteiger charge is -2.31. The van der Waals surface area contributed by atoms with E-state index in [9.17, 15) is 9.59 Å². The van der Waals surface area contributed by atoms with E-state index < -0.39 is 29.8 Å². The lowest BCUT2D eigenvalue weighted by atomic mass is 9.91. The Morgan fingerprint density at radius 2 is 1.88 bits per heavy atom. The Kier molecular flexibility index (Phi) is 9.97. The normalized spacial score (nSPS) is 24.8. The van der Waals surface area contributed by atoms with Gasteiger partial charge in [-0.3, -0.25) is 0 Å². The van der Waals surface area contributed by atoms with Crippen LogP contribution in [0.25, 0.3) is 0 Å². The van der Waals surface area contributed by atoms with E-state index in [2.05, 4.69) is 31.3 Å². The summed E-state index contributed by atoms with van der Waals surface area (Å²) in [5.74, 6) is -0.0516. The molecule has 0 radical (unpaired) electrons. The highest BCUT2D eigenvalue weighted by Crippen LogP contribution is 2.23. The second kappa shape index (κ2) is 12.2. The number of benzene rings is 1. The standard InChI is InChI=1S/C25H39NO6/c1-17(2)12-13-30-22-18(3)31-23(27)21(26-24(28)32-25(4,5)6)16-29-15-20(22)14-19-10-8-7-9-11-19/h7-11,17-18,20-22H,12-16H2,1-6H3,(H,26,28). The van der Waals surface area contributed by atoms with Gasteiger partial charge in [0.25, 0.3) is 0 Å². The first-order valence-corrected chi connectivity index (χ1v) is 11.5. The van der Waals surface area contributed by atoms with Crippen LogP contribution in [-0.2, 0) is 30.2 Å². The molecule has 7 nitrogen and oxygen atoms in total. The quantitative estimate of drug-likeness (QED) is 0.630. The van der Waals surface area contributed by atoms with E-state index in [0.29, 0.717) is 19.1 Å². The van der Waals surface area contributed by atoms with Gasteiger partial charge in [0.05, 0.1) is 19.3 Å². The SMILES string of the molecule is CC(C)CCOC1C(Cc2ccccc2)COCC(NC(=O)OC(C)(C)C)C(=O)OC1C. The summed E-state index contributed by atoms with van der Waals surface area (Å²) in [7, 11) is 0. The molecule has 0 aliphatic carbocycles. The zero-order chi connectivity index (χ0) is 23.7. The van der Waals surface area contributed by atoms with Crippen LogP contribution in [0.15, 0.2) is 30.3 Å². The van der Waals surface area contributed by atoms with E-state index in [0.717, 1.165) is 12.8 Å². The molecule has 1 saturated heterocycles. The highest BCUT2D eigenvalue weighted by molar-refractivity contribution is 5.81. The molecular weight excluding hydrogens is 410 g/mol. The third-order valence-corrected chi connectivity index (χ3v) is 5.17. The van der Waals surface area contributed by atoms with Gasteiger partial charge in [-0.25, -0.2) is 9.59 Å². The molecule has 1 N–H and O–H groups in total. The molecule has 7 heteroatoms. The van der Waals surface area contributed by atoms with Gasteiger partial charge in [-0.05, 0) is 52.0 Å². The maximum Gasteiger partial charge on any atom is 0.408 e. The highest BCUT2D eigenvalue weighted by Gasteiger charge is 2.36. The lowest BCUT2D eigenvalue weighted by Crippen LogP contribution is -2.47. The van der Waals surface area contributed by atoms with Crippen LogP contribution in [0.2, 0.25) is 0 Å². The number of carbonyl (C=O) groups excluding carboxylic acids is 2. The second-order valence-electron chi connectivity index (χ2n) is 9.85. The average Bonchev–Trinajstić information content (AvgIpc) is 2.72. The van der Waals surface area contributed by atoms with Gasteiger partial charge < -0.3 is 24.3 Å². The van der Waals surface area contributed by atoms with Crippen molar-refractivity contribution in [2.75, 3.05) is 19.8 Å². The Morgan fingerprint density at radius 3 is 2.50 bits per heavy atom. The molecule has 1 aliphatic rings. The minimum Gasteiger partial charge on any atom is -0.458 e. The van der Waals surface area contributed by atoms with Gasteiger partial charge in [-0.1, -0.05) is 44.2 Å². The number of hydrogen-bond donors (Lipinski definition) is 1. The molecule has 180 valence electrons. The first-order valence-electron chi connectivity index (χ1n) is 11.5. The van der Waals surface area contributed by atoms with E-state index in [-0.39, 0.29) is 18.6 Å². The minimum atomic E-state index is -0.945. The molecule has 2 rings (SSSR count). The molecular formula is C25H39NO6. The zero-order valence-electron chi connectivity index (χ0n) is 20.3. The van der Waals surface area contributed by atoms with E-state index in [1.165, 1.54) is 5.56 Å². The van der Waals surface area contributed by atoms with Crippen LogP contribution < -0.4 is 5.32 Å². The fourth-order valence-corrected chi connectivity index (χ4v) is 3.57. The largest absolute Gasteiger partial charge is 0.458 e. The fraction of sp³-hybridized carbons (Fsp3) is 0.680. The summed E-state index contributed by atoms with van der Waals surface area (Å²) in [6, 6.07) is 9.19. The van der Waals surface area contributed by atoms with Crippen molar-refractivity contribution in [1.29, 1.82) is 0 Å². The molecule has 1 aromatic carbocycles. The van der Waals surface area contributed by atoms with Crippen LogP contribution in [0.4, 0.5) is 4.79 Å². The van der Waals surface area contributed by atoms with E-state index in [4.69, 9.17) is 18.9 Å². The monoisotopic (exact) mass is 449 g/mol. The molecule has 32 heavy (non-hydrogen) atoms. The van der Waals surface area contributed by atoms with Crippen molar-refractivity contribution >= 4 is 12.1 Å². The van der Waals surface area contributed by atoms with Crippen LogP contribution in [0.3, 0.4) is 0 Å². The van der Waals surface area contributed by atoms with Crippen molar-refractivity contribution < 1.29 is 28.5 Å². The summed E-state index contributed by atoms with van der Waals surface area (Å²) in [5.41, 5.74) is 0.497. The zero-order valence-corrected chi connectivity index (χ0v) is 20.3. The molecule has 1 fully saturated rings. The highest BCUT2D eigenvalue weighted by atomic mass is 16.6. The topological polar surface area (TPSA) is 83.1 Å². The Bertz CT molecular complexity index is 715. The predicted molar refractivity (Wildman–Crippen MR) is 122 cm³/mol. The summed E-state index contributed by atoms with van der Waals surface area (Å²) < 4.78 is 23.2. The molecule has 4 unspecified atom stereocenters. The number of nitrogens with one attached hydrogen (secondary N) is 1. The number of amides is 1. The van der Waals surface area contributed by atoms with Crippen LogP contribution in [0.1, 0.15) is 53.5 Å². The van der Waals surface area contributed by atoms with Crippen molar-refractivity contribution in [3.05, 3.63) is 35.9 Å². The van der Waals surface area contributed by atoms with Crippen molar-refractivity contribution in [1.82, 2.24) is 5.32 Å². The van der Waals surface area contributed by atoms with E-state index >= 15 is 0 Å². The van der Waals surface area contributed by atoms with Gasteiger partial charge >= 0.3 is 12.1 Å². The van der Waals surface area contributed by atoms with Gasteiger partial charge in [0.1, 0.15) is 11.7 Å². The lowest BCUT2D eigenvalue weighted by molar-refractivity contribution is -0.160. The number of cyclic esters (lactones) is 1. The number of rotatable bonds is 7. The van der Waals surface area contributed by atoms with Gasteiger partial charge in [-0.15, -0.1) is 0 Å². The Labute approximate surface area is 192 Å². The van der Waals surface area contributed by atoms with Crippen molar-refractivity contribution in [2.24, 2.45) is 11.8 Å². The number of carbonyl (C=O) groups is 2. The van der Waals surface area contributed by atoms with Crippen LogP contribution in [-0.4, -0.2) is 55.7 Å². The van der Waals surface area contributed by atoms with Crippen LogP contribution in [0, 0.1) is 11.8 Å². The average molecular weight is 450 g/mol. The van der Waals surface area contributed by atoms with Gasteiger partial charge in [0, 0.05) is 12.5 Å². The summed E-state index contributed by atoms with van der Waals surface area (Å²) in [6.45, 7) is 12.4. The van der Waals surface area contributed by atoms with Gasteiger partial charge in [0.15, 0.2) is 6.04 Å². The maximum absolute atomic E-state index is 12.8. The number of ether oxygens (including phenoxy) is 4. The summed E-state index contributed by atoms with van der Waals surface area (Å²) in [6.07, 6.45) is 0.157. The molecule has 0 saturated carbocycles. The molecule has 1 aliphatic heterocycles. The first-order chi connectivity index (χ1) is 15.0. The third kappa shape index (κ3) is 9.17. The van der Waals surface area contributed by atoms with Crippen LogP contribution in [0.5, 0.6) is 0 Å². The van der Waals surface area contributed by atoms with Gasteiger partial charge in [-0.2, -0.15) is 0 Å². The van der Waals surface area contributed by atoms with Crippen molar-refractivity contribution in [3.8, 4) is 0 Å². The number of esters is 1. The molecule has 1 heterocycles. The molecule has 1 aromatic rings. The minimum absolute atomic E-state index is 0.00682.